The van der Waals surface area contributed by atoms with Gasteiger partial charge < -0.3 is 0 Å². The van der Waals surface area contributed by atoms with E-state index < -0.39 is 0 Å². The SMILES string of the molecule is CC=CC(C)CCC(CC)C1CCC(c2ccc(C)cc2)CC1. The second-order valence-corrected chi connectivity index (χ2v) is 7.77. The first-order valence-corrected chi connectivity index (χ1v) is 9.83. The number of benzene rings is 1. The Bertz CT molecular complexity index is 459. The minimum Gasteiger partial charge on any atom is -0.0914 e. The van der Waals surface area contributed by atoms with Crippen LogP contribution in [-0.2, 0) is 0 Å². The van der Waals surface area contributed by atoms with Gasteiger partial charge in [0.1, 0.15) is 0 Å². The summed E-state index contributed by atoms with van der Waals surface area (Å²) in [4.78, 5) is 0. The van der Waals surface area contributed by atoms with Gasteiger partial charge in [0.2, 0.25) is 0 Å². The molecule has 2 unspecified atom stereocenters. The molecular formula is C23H36. The molecule has 0 aliphatic heterocycles. The lowest BCUT2D eigenvalue weighted by molar-refractivity contribution is 0.209. The smallest absolute Gasteiger partial charge is 0.0162 e. The first-order valence-electron chi connectivity index (χ1n) is 9.83. The minimum absolute atomic E-state index is 0.748. The highest BCUT2D eigenvalue weighted by Gasteiger charge is 2.27. The molecule has 0 nitrogen and oxygen atoms in total. The van der Waals surface area contributed by atoms with E-state index in [4.69, 9.17) is 0 Å². The fourth-order valence-electron chi connectivity index (χ4n) is 4.44. The van der Waals surface area contributed by atoms with Crippen molar-refractivity contribution in [3.05, 3.63) is 47.5 Å². The summed E-state index contributed by atoms with van der Waals surface area (Å²) in [6.45, 7) is 9.08. The lowest BCUT2D eigenvalue weighted by Crippen LogP contribution is -2.21. The summed E-state index contributed by atoms with van der Waals surface area (Å²) in [7, 11) is 0. The van der Waals surface area contributed by atoms with Crippen LogP contribution in [0.1, 0.15) is 82.8 Å². The molecule has 1 saturated carbocycles. The standard InChI is InChI=1S/C23H36/c1-5-7-18(3)8-11-20(6-2)21-14-16-23(17-15-21)22-12-9-19(4)10-13-22/h5,7,9-10,12-13,18,20-21,23H,6,8,11,14-17H2,1-4H3. The zero-order valence-electron chi connectivity index (χ0n) is 15.7. The van der Waals surface area contributed by atoms with Crippen molar-refractivity contribution in [3.63, 3.8) is 0 Å². The van der Waals surface area contributed by atoms with Gasteiger partial charge in [-0.25, -0.2) is 0 Å². The molecule has 128 valence electrons. The first kappa shape index (κ1) is 18.3. The average molecular weight is 313 g/mol. The summed E-state index contributed by atoms with van der Waals surface area (Å²) in [5.74, 6) is 3.48. The molecule has 2 atom stereocenters. The van der Waals surface area contributed by atoms with Gasteiger partial charge in [0.05, 0.1) is 0 Å². The maximum absolute atomic E-state index is 2.40. The third-order valence-corrected chi connectivity index (χ3v) is 6.03. The number of aryl methyl sites for hydroxylation is 1. The van der Waals surface area contributed by atoms with Gasteiger partial charge in [-0.2, -0.15) is 0 Å². The van der Waals surface area contributed by atoms with Crippen molar-refractivity contribution in [2.24, 2.45) is 17.8 Å². The highest BCUT2D eigenvalue weighted by atomic mass is 14.3. The molecule has 0 saturated heterocycles. The van der Waals surface area contributed by atoms with E-state index in [1.54, 1.807) is 5.56 Å². The van der Waals surface area contributed by atoms with Gasteiger partial charge in [-0.3, -0.25) is 0 Å². The van der Waals surface area contributed by atoms with Crippen molar-refractivity contribution >= 4 is 0 Å². The third-order valence-electron chi connectivity index (χ3n) is 6.03. The quantitative estimate of drug-likeness (QED) is 0.464. The molecule has 2 rings (SSSR count). The Labute approximate surface area is 144 Å². The monoisotopic (exact) mass is 312 g/mol. The van der Waals surface area contributed by atoms with E-state index in [0.717, 1.165) is 23.7 Å². The Kier molecular flexibility index (Phi) is 7.40. The average Bonchev–Trinajstić information content (AvgIpc) is 2.57. The molecule has 1 fully saturated rings. The molecule has 0 amide bonds. The van der Waals surface area contributed by atoms with Crippen LogP contribution >= 0.6 is 0 Å². The lowest BCUT2D eigenvalue weighted by atomic mass is 9.71. The van der Waals surface area contributed by atoms with Crippen molar-refractivity contribution in [1.29, 1.82) is 0 Å². The van der Waals surface area contributed by atoms with Gasteiger partial charge in [-0.15, -0.1) is 0 Å². The van der Waals surface area contributed by atoms with Gasteiger partial charge in [0, 0.05) is 0 Å². The maximum Gasteiger partial charge on any atom is -0.0162 e. The van der Waals surface area contributed by atoms with Gasteiger partial charge in [-0.1, -0.05) is 62.2 Å². The van der Waals surface area contributed by atoms with Crippen LogP contribution in [0.4, 0.5) is 0 Å². The van der Waals surface area contributed by atoms with Gasteiger partial charge in [0.15, 0.2) is 0 Å². The van der Waals surface area contributed by atoms with E-state index in [2.05, 4.69) is 64.1 Å². The lowest BCUT2D eigenvalue weighted by Gasteiger charge is -2.34. The fraction of sp³-hybridized carbons (Fsp3) is 0.652. The molecule has 0 heteroatoms. The maximum atomic E-state index is 2.40. The minimum atomic E-state index is 0.748. The first-order chi connectivity index (χ1) is 11.1. The Morgan fingerprint density at radius 3 is 2.26 bits per heavy atom. The highest BCUT2D eigenvalue weighted by molar-refractivity contribution is 5.24. The second kappa shape index (κ2) is 9.30. The van der Waals surface area contributed by atoms with Crippen LogP contribution in [0.15, 0.2) is 36.4 Å². The molecule has 1 aromatic carbocycles. The summed E-state index contributed by atoms with van der Waals surface area (Å²) < 4.78 is 0. The molecule has 0 radical (unpaired) electrons. The van der Waals surface area contributed by atoms with Crippen LogP contribution in [0.2, 0.25) is 0 Å². The summed E-state index contributed by atoms with van der Waals surface area (Å²) in [6.07, 6.45) is 14.4. The Morgan fingerprint density at radius 2 is 1.70 bits per heavy atom. The number of allylic oxidation sites excluding steroid dienone is 2. The van der Waals surface area contributed by atoms with E-state index in [1.807, 2.05) is 0 Å². The van der Waals surface area contributed by atoms with Crippen LogP contribution in [-0.4, -0.2) is 0 Å². The Hall–Kier alpha value is -1.04. The van der Waals surface area contributed by atoms with Crippen molar-refractivity contribution in [3.8, 4) is 0 Å². The van der Waals surface area contributed by atoms with E-state index in [-0.39, 0.29) is 0 Å². The topological polar surface area (TPSA) is 0 Å². The molecule has 1 aromatic rings. The van der Waals surface area contributed by atoms with Crippen LogP contribution in [0, 0.1) is 24.7 Å². The van der Waals surface area contributed by atoms with E-state index in [9.17, 15) is 0 Å². The summed E-state index contributed by atoms with van der Waals surface area (Å²) in [5.41, 5.74) is 2.95. The third kappa shape index (κ3) is 5.52. The van der Waals surface area contributed by atoms with Crippen molar-refractivity contribution < 1.29 is 0 Å². The Balaban J connectivity index is 1.83. The van der Waals surface area contributed by atoms with E-state index in [0.29, 0.717) is 0 Å². The molecular weight excluding hydrogens is 276 g/mol. The molecule has 0 spiro atoms. The van der Waals surface area contributed by atoms with E-state index in [1.165, 1.54) is 50.5 Å². The molecule has 0 bridgehead atoms. The molecule has 1 aliphatic carbocycles. The van der Waals surface area contributed by atoms with Gasteiger partial charge in [0.25, 0.3) is 0 Å². The van der Waals surface area contributed by atoms with Crippen LogP contribution < -0.4 is 0 Å². The number of hydrogen-bond donors (Lipinski definition) is 0. The van der Waals surface area contributed by atoms with Crippen molar-refractivity contribution in [2.75, 3.05) is 0 Å². The van der Waals surface area contributed by atoms with Crippen molar-refractivity contribution in [2.45, 2.75) is 78.6 Å². The molecule has 0 N–H and O–H groups in total. The molecule has 0 aromatic heterocycles. The molecule has 1 aliphatic rings. The number of hydrogen-bond acceptors (Lipinski definition) is 0. The normalized spacial score (nSPS) is 24.7. The predicted molar refractivity (Wildman–Crippen MR) is 103 cm³/mol. The van der Waals surface area contributed by atoms with Crippen LogP contribution in [0.3, 0.4) is 0 Å². The zero-order chi connectivity index (χ0) is 16.7. The second-order valence-electron chi connectivity index (χ2n) is 7.77. The summed E-state index contributed by atoms with van der Waals surface area (Å²) >= 11 is 0. The highest BCUT2D eigenvalue weighted by Crippen LogP contribution is 2.41. The summed E-state index contributed by atoms with van der Waals surface area (Å²) in [6, 6.07) is 9.27. The van der Waals surface area contributed by atoms with Gasteiger partial charge in [-0.05, 0) is 81.6 Å². The molecule has 23 heavy (non-hydrogen) atoms. The van der Waals surface area contributed by atoms with Crippen LogP contribution in [0.5, 0.6) is 0 Å². The molecule has 0 heterocycles. The fourth-order valence-corrected chi connectivity index (χ4v) is 4.44. The largest absolute Gasteiger partial charge is 0.0914 e. The Morgan fingerprint density at radius 1 is 1.04 bits per heavy atom. The number of rotatable bonds is 7. The predicted octanol–water partition coefficient (Wildman–Crippen LogP) is 7.29. The van der Waals surface area contributed by atoms with Crippen LogP contribution in [0.25, 0.3) is 0 Å². The van der Waals surface area contributed by atoms with E-state index >= 15 is 0 Å². The summed E-state index contributed by atoms with van der Waals surface area (Å²) in [5, 5.41) is 0. The zero-order valence-corrected chi connectivity index (χ0v) is 15.7. The van der Waals surface area contributed by atoms with Crippen molar-refractivity contribution in [1.82, 2.24) is 0 Å². The van der Waals surface area contributed by atoms with Gasteiger partial charge >= 0.3 is 0 Å².